The van der Waals surface area contributed by atoms with Gasteiger partial charge in [-0.3, -0.25) is 25.0 Å². The zero-order valence-electron chi connectivity index (χ0n) is 13.0. The van der Waals surface area contributed by atoms with Gasteiger partial charge in [0, 0.05) is 19.2 Å². The van der Waals surface area contributed by atoms with E-state index in [0.717, 1.165) is 23.3 Å². The minimum Gasteiger partial charge on any atom is -0.366 e. The van der Waals surface area contributed by atoms with E-state index in [0.29, 0.717) is 19.5 Å². The Hall–Kier alpha value is -3.49. The number of anilines is 1. The summed E-state index contributed by atoms with van der Waals surface area (Å²) in [7, 11) is 0. The van der Waals surface area contributed by atoms with Crippen LogP contribution in [-0.2, 0) is 13.0 Å². The summed E-state index contributed by atoms with van der Waals surface area (Å²) in [6, 6.07) is 9.52. The van der Waals surface area contributed by atoms with Gasteiger partial charge in [0.1, 0.15) is 5.69 Å². The lowest BCUT2D eigenvalue weighted by atomic mass is 9.98. The maximum atomic E-state index is 11.8. The first-order valence-electron chi connectivity index (χ1n) is 7.47. The summed E-state index contributed by atoms with van der Waals surface area (Å²) in [5, 5.41) is 22.5. The molecule has 0 saturated carbocycles. The molecule has 128 valence electrons. The lowest BCUT2D eigenvalue weighted by Gasteiger charge is -2.31. The lowest BCUT2D eigenvalue weighted by molar-refractivity contribution is -0.393. The van der Waals surface area contributed by atoms with Crippen LogP contribution in [-0.4, -0.2) is 22.3 Å². The number of nitro benzene ring substituents is 2. The predicted molar refractivity (Wildman–Crippen MR) is 89.5 cm³/mol. The molecule has 2 N–H and O–H groups in total. The number of hydrogen-bond donors (Lipinski definition) is 1. The second-order valence-corrected chi connectivity index (χ2v) is 5.68. The van der Waals surface area contributed by atoms with Crippen molar-refractivity contribution in [3.05, 3.63) is 73.3 Å². The highest BCUT2D eigenvalue weighted by Gasteiger charge is 2.31. The van der Waals surface area contributed by atoms with Gasteiger partial charge >= 0.3 is 0 Å². The van der Waals surface area contributed by atoms with Crippen molar-refractivity contribution in [2.24, 2.45) is 5.73 Å². The van der Waals surface area contributed by atoms with Crippen molar-refractivity contribution in [1.29, 1.82) is 0 Å². The van der Waals surface area contributed by atoms with Crippen LogP contribution in [0, 0.1) is 20.2 Å². The topological polar surface area (TPSA) is 133 Å². The summed E-state index contributed by atoms with van der Waals surface area (Å²) in [5.41, 5.74) is 6.22. The number of amides is 1. The highest BCUT2D eigenvalue weighted by Crippen LogP contribution is 2.38. The van der Waals surface area contributed by atoms with Crippen molar-refractivity contribution >= 4 is 23.0 Å². The Morgan fingerprint density at radius 2 is 1.76 bits per heavy atom. The molecule has 9 nitrogen and oxygen atoms in total. The van der Waals surface area contributed by atoms with Crippen LogP contribution in [0.5, 0.6) is 0 Å². The summed E-state index contributed by atoms with van der Waals surface area (Å²) in [5.74, 6) is -0.944. The molecule has 9 heteroatoms. The van der Waals surface area contributed by atoms with E-state index >= 15 is 0 Å². The van der Waals surface area contributed by atoms with E-state index in [4.69, 9.17) is 5.73 Å². The molecule has 2 aromatic carbocycles. The van der Waals surface area contributed by atoms with E-state index in [1.165, 1.54) is 0 Å². The monoisotopic (exact) mass is 342 g/mol. The first kappa shape index (κ1) is 16.4. The van der Waals surface area contributed by atoms with Crippen molar-refractivity contribution in [3.8, 4) is 0 Å². The normalized spacial score (nSPS) is 13.2. The molecular formula is C16H14N4O5. The van der Waals surface area contributed by atoms with E-state index in [1.807, 2.05) is 24.3 Å². The fourth-order valence-electron chi connectivity index (χ4n) is 3.06. The van der Waals surface area contributed by atoms with Crippen molar-refractivity contribution < 1.29 is 14.6 Å². The lowest BCUT2D eigenvalue weighted by Crippen LogP contribution is -2.33. The summed E-state index contributed by atoms with van der Waals surface area (Å²) < 4.78 is 0. The molecule has 1 amide bonds. The van der Waals surface area contributed by atoms with Gasteiger partial charge < -0.3 is 10.6 Å². The van der Waals surface area contributed by atoms with Gasteiger partial charge in [-0.2, -0.15) is 0 Å². The van der Waals surface area contributed by atoms with Crippen molar-refractivity contribution in [2.75, 3.05) is 11.4 Å². The molecule has 3 rings (SSSR count). The second kappa shape index (κ2) is 6.19. The summed E-state index contributed by atoms with van der Waals surface area (Å²) >= 11 is 0. The highest BCUT2D eigenvalue weighted by molar-refractivity contribution is 6.02. The van der Waals surface area contributed by atoms with Crippen LogP contribution in [0.2, 0.25) is 0 Å². The highest BCUT2D eigenvalue weighted by atomic mass is 16.6. The average molecular weight is 342 g/mol. The molecule has 0 bridgehead atoms. The van der Waals surface area contributed by atoms with Crippen LogP contribution in [0.1, 0.15) is 21.5 Å². The number of primary amides is 1. The fraction of sp³-hybridized carbons (Fsp3) is 0.188. The fourth-order valence-corrected chi connectivity index (χ4v) is 3.06. The molecule has 0 unspecified atom stereocenters. The largest absolute Gasteiger partial charge is 0.366 e. The van der Waals surface area contributed by atoms with Gasteiger partial charge in [0.05, 0.1) is 21.5 Å². The Morgan fingerprint density at radius 3 is 2.36 bits per heavy atom. The minimum atomic E-state index is -0.944. The molecule has 1 heterocycles. The molecule has 1 aliphatic rings. The van der Waals surface area contributed by atoms with Crippen molar-refractivity contribution in [3.63, 3.8) is 0 Å². The second-order valence-electron chi connectivity index (χ2n) is 5.68. The van der Waals surface area contributed by atoms with E-state index in [2.05, 4.69) is 0 Å². The first-order chi connectivity index (χ1) is 11.9. The Labute approximate surface area is 142 Å². The van der Waals surface area contributed by atoms with Crippen LogP contribution in [0.25, 0.3) is 0 Å². The number of benzene rings is 2. The van der Waals surface area contributed by atoms with Crippen molar-refractivity contribution in [2.45, 2.75) is 13.0 Å². The van der Waals surface area contributed by atoms with E-state index in [-0.39, 0.29) is 11.3 Å². The number of carbonyl (C=O) groups excluding carboxylic acids is 1. The maximum Gasteiger partial charge on any atom is 0.300 e. The third-order valence-electron chi connectivity index (χ3n) is 4.19. The minimum absolute atomic E-state index is 0.0256. The summed E-state index contributed by atoms with van der Waals surface area (Å²) in [4.78, 5) is 34.5. The smallest absolute Gasteiger partial charge is 0.300 e. The molecule has 0 radical (unpaired) electrons. The van der Waals surface area contributed by atoms with Gasteiger partial charge in [-0.15, -0.1) is 0 Å². The summed E-state index contributed by atoms with van der Waals surface area (Å²) in [6.45, 7) is 0.797. The summed E-state index contributed by atoms with van der Waals surface area (Å²) in [6.07, 6.45) is 0.641. The SMILES string of the molecule is NC(=O)c1cc([N+](=O)[O-])cc([N+](=O)[O-])c1N1CCc2ccccc2C1. The third-order valence-corrected chi connectivity index (χ3v) is 4.19. The van der Waals surface area contributed by atoms with Gasteiger partial charge in [-0.25, -0.2) is 0 Å². The maximum absolute atomic E-state index is 11.8. The molecule has 0 atom stereocenters. The molecule has 0 spiro atoms. The number of nitrogens with zero attached hydrogens (tertiary/aromatic N) is 3. The van der Waals surface area contributed by atoms with Gasteiger partial charge in [0.2, 0.25) is 0 Å². The van der Waals surface area contributed by atoms with Crippen molar-refractivity contribution in [1.82, 2.24) is 0 Å². The molecule has 0 aromatic heterocycles. The standard InChI is InChI=1S/C16H14N4O5/c17-16(21)13-7-12(19(22)23)8-14(20(24)25)15(13)18-6-5-10-3-1-2-4-11(10)9-18/h1-4,7-8H,5-6,9H2,(H2,17,21). The quantitative estimate of drug-likeness (QED) is 0.668. The van der Waals surface area contributed by atoms with E-state index < -0.39 is 27.1 Å². The molecule has 1 aliphatic heterocycles. The van der Waals surface area contributed by atoms with E-state index in [9.17, 15) is 25.0 Å². The Morgan fingerprint density at radius 1 is 1.08 bits per heavy atom. The van der Waals surface area contributed by atoms with Crippen LogP contribution in [0.3, 0.4) is 0 Å². The van der Waals surface area contributed by atoms with Gasteiger partial charge in [0.25, 0.3) is 17.3 Å². The van der Waals surface area contributed by atoms with Gasteiger partial charge in [0.15, 0.2) is 0 Å². The number of nitrogens with two attached hydrogens (primary N) is 1. The first-order valence-corrected chi connectivity index (χ1v) is 7.47. The number of non-ortho nitro benzene ring substituents is 1. The molecule has 25 heavy (non-hydrogen) atoms. The Balaban J connectivity index is 2.16. The molecular weight excluding hydrogens is 328 g/mol. The third kappa shape index (κ3) is 2.99. The number of fused-ring (bicyclic) bond motifs is 1. The van der Waals surface area contributed by atoms with Crippen LogP contribution >= 0.6 is 0 Å². The predicted octanol–water partition coefficient (Wildman–Crippen LogP) is 2.16. The zero-order valence-corrected chi connectivity index (χ0v) is 13.0. The molecule has 0 fully saturated rings. The van der Waals surface area contributed by atoms with E-state index in [1.54, 1.807) is 4.90 Å². The average Bonchev–Trinajstić information content (AvgIpc) is 2.59. The number of hydrogen-bond acceptors (Lipinski definition) is 6. The van der Waals surface area contributed by atoms with Gasteiger partial charge in [-0.1, -0.05) is 24.3 Å². The zero-order chi connectivity index (χ0) is 18.1. The molecule has 0 aliphatic carbocycles. The number of nitro groups is 2. The number of carbonyl (C=O) groups is 1. The molecule has 2 aromatic rings. The Bertz CT molecular complexity index is 861. The Kier molecular flexibility index (Phi) is 4.05. The molecule has 0 saturated heterocycles. The van der Waals surface area contributed by atoms with Crippen LogP contribution < -0.4 is 10.6 Å². The number of rotatable bonds is 4. The van der Waals surface area contributed by atoms with Gasteiger partial charge in [-0.05, 0) is 17.5 Å². The van der Waals surface area contributed by atoms with Crippen LogP contribution in [0.15, 0.2) is 36.4 Å². The van der Waals surface area contributed by atoms with Crippen LogP contribution in [0.4, 0.5) is 17.1 Å².